The van der Waals surface area contributed by atoms with Crippen molar-refractivity contribution in [1.29, 1.82) is 0 Å². The molecule has 27 heavy (non-hydrogen) atoms. The quantitative estimate of drug-likeness (QED) is 0.548. The Labute approximate surface area is 159 Å². The molecule has 2 aromatic heterocycles. The van der Waals surface area contributed by atoms with Crippen LogP contribution in [0.25, 0.3) is 34.2 Å². The third-order valence-corrected chi connectivity index (χ3v) is 4.27. The van der Waals surface area contributed by atoms with Crippen LogP contribution in [0, 0.1) is 0 Å². The summed E-state index contributed by atoms with van der Waals surface area (Å²) in [5.74, 6) is 1.85. The Balaban J connectivity index is 1.67. The number of hydrogen-bond donors (Lipinski definition) is 1. The molecule has 1 N–H and O–H groups in total. The van der Waals surface area contributed by atoms with E-state index in [2.05, 4.69) is 20.3 Å². The molecule has 2 heterocycles. The summed E-state index contributed by atoms with van der Waals surface area (Å²) in [5.41, 5.74) is 2.96. The molecule has 136 valence electrons. The number of benzene rings is 2. The van der Waals surface area contributed by atoms with Crippen molar-refractivity contribution in [3.8, 4) is 45.7 Å². The molecular formula is C19H15ClN4O3. The largest absolute Gasteiger partial charge is 0.493 e. The van der Waals surface area contributed by atoms with Gasteiger partial charge >= 0.3 is 0 Å². The van der Waals surface area contributed by atoms with E-state index in [-0.39, 0.29) is 0 Å². The van der Waals surface area contributed by atoms with Gasteiger partial charge in [-0.15, -0.1) is 0 Å². The van der Waals surface area contributed by atoms with Crippen LogP contribution in [0.4, 0.5) is 0 Å². The fraction of sp³-hybridized carbons (Fsp3) is 0.105. The lowest BCUT2D eigenvalue weighted by Gasteiger charge is -2.09. The highest BCUT2D eigenvalue weighted by Gasteiger charge is 2.18. The zero-order chi connectivity index (χ0) is 18.8. The summed E-state index contributed by atoms with van der Waals surface area (Å²) in [4.78, 5) is 4.45. The number of rotatable bonds is 5. The van der Waals surface area contributed by atoms with Crippen LogP contribution >= 0.6 is 11.6 Å². The average molecular weight is 383 g/mol. The maximum atomic E-state index is 5.93. The minimum Gasteiger partial charge on any atom is -0.493 e. The van der Waals surface area contributed by atoms with Crippen molar-refractivity contribution in [2.24, 2.45) is 0 Å². The van der Waals surface area contributed by atoms with E-state index in [1.807, 2.05) is 42.5 Å². The molecule has 8 heteroatoms. The van der Waals surface area contributed by atoms with Crippen molar-refractivity contribution >= 4 is 11.6 Å². The number of halogens is 1. The van der Waals surface area contributed by atoms with Crippen molar-refractivity contribution in [1.82, 2.24) is 20.3 Å². The summed E-state index contributed by atoms with van der Waals surface area (Å²) in [7, 11) is 3.14. The van der Waals surface area contributed by atoms with Gasteiger partial charge in [-0.3, -0.25) is 5.10 Å². The van der Waals surface area contributed by atoms with Gasteiger partial charge in [-0.05, 0) is 30.3 Å². The van der Waals surface area contributed by atoms with Gasteiger partial charge in [0, 0.05) is 10.6 Å². The van der Waals surface area contributed by atoms with Crippen LogP contribution in [0.2, 0.25) is 5.02 Å². The molecule has 0 aliphatic rings. The molecule has 0 spiro atoms. The van der Waals surface area contributed by atoms with Crippen molar-refractivity contribution in [2.45, 2.75) is 0 Å². The lowest BCUT2D eigenvalue weighted by atomic mass is 10.1. The SMILES string of the molecule is COc1cccc(-c2noc(-c3cc(-c4ccc(Cl)cc4)n[nH]3)n2)c1OC. The van der Waals surface area contributed by atoms with Gasteiger partial charge in [0.15, 0.2) is 11.5 Å². The molecule has 0 unspecified atom stereocenters. The third-order valence-electron chi connectivity index (χ3n) is 4.02. The maximum Gasteiger partial charge on any atom is 0.276 e. The predicted octanol–water partition coefficient (Wildman–Crippen LogP) is 4.46. The molecule has 4 rings (SSSR count). The van der Waals surface area contributed by atoms with Gasteiger partial charge in [0.1, 0.15) is 5.69 Å². The molecule has 0 aliphatic carbocycles. The van der Waals surface area contributed by atoms with E-state index in [1.54, 1.807) is 20.3 Å². The summed E-state index contributed by atoms with van der Waals surface area (Å²) >= 11 is 5.93. The molecule has 7 nitrogen and oxygen atoms in total. The van der Waals surface area contributed by atoms with Crippen molar-refractivity contribution in [3.05, 3.63) is 53.6 Å². The van der Waals surface area contributed by atoms with E-state index in [1.165, 1.54) is 0 Å². The third kappa shape index (κ3) is 3.24. The fourth-order valence-corrected chi connectivity index (χ4v) is 2.83. The summed E-state index contributed by atoms with van der Waals surface area (Å²) < 4.78 is 16.1. The van der Waals surface area contributed by atoms with E-state index < -0.39 is 0 Å². The summed E-state index contributed by atoms with van der Waals surface area (Å²) in [6.07, 6.45) is 0. The average Bonchev–Trinajstić information content (AvgIpc) is 3.37. The van der Waals surface area contributed by atoms with Gasteiger partial charge in [0.2, 0.25) is 5.82 Å². The van der Waals surface area contributed by atoms with Crippen molar-refractivity contribution in [3.63, 3.8) is 0 Å². The fourth-order valence-electron chi connectivity index (χ4n) is 2.71. The first kappa shape index (κ1) is 17.1. The Morgan fingerprint density at radius 2 is 1.85 bits per heavy atom. The van der Waals surface area contributed by atoms with Crippen LogP contribution in [0.15, 0.2) is 53.1 Å². The van der Waals surface area contributed by atoms with Crippen LogP contribution < -0.4 is 9.47 Å². The highest BCUT2D eigenvalue weighted by Crippen LogP contribution is 2.37. The molecule has 0 aliphatic heterocycles. The van der Waals surface area contributed by atoms with Crippen LogP contribution in [0.5, 0.6) is 11.5 Å². The van der Waals surface area contributed by atoms with Gasteiger partial charge in [0.05, 0.1) is 25.5 Å². The number of para-hydroxylation sites is 1. The Morgan fingerprint density at radius 3 is 2.59 bits per heavy atom. The molecule has 0 saturated heterocycles. The minimum atomic E-state index is 0.322. The van der Waals surface area contributed by atoms with Crippen LogP contribution in [-0.2, 0) is 0 Å². The summed E-state index contributed by atoms with van der Waals surface area (Å²) in [6.45, 7) is 0. The van der Waals surface area contributed by atoms with Gasteiger partial charge < -0.3 is 14.0 Å². The van der Waals surface area contributed by atoms with E-state index in [0.29, 0.717) is 39.5 Å². The van der Waals surface area contributed by atoms with Gasteiger partial charge in [-0.2, -0.15) is 10.1 Å². The Bertz CT molecular complexity index is 1070. The zero-order valence-corrected chi connectivity index (χ0v) is 15.3. The second kappa shape index (κ2) is 7.13. The molecular weight excluding hydrogens is 368 g/mol. The minimum absolute atomic E-state index is 0.322. The number of methoxy groups -OCH3 is 2. The molecule has 0 saturated carbocycles. The molecule has 0 atom stereocenters. The van der Waals surface area contributed by atoms with Gasteiger partial charge in [-0.25, -0.2) is 0 Å². The number of hydrogen-bond acceptors (Lipinski definition) is 6. The van der Waals surface area contributed by atoms with E-state index in [0.717, 1.165) is 11.3 Å². The molecule has 2 aromatic carbocycles. The number of H-pyrrole nitrogens is 1. The zero-order valence-electron chi connectivity index (χ0n) is 14.6. The molecule has 0 bridgehead atoms. The van der Waals surface area contributed by atoms with Crippen LogP contribution in [0.3, 0.4) is 0 Å². The topological polar surface area (TPSA) is 86.1 Å². The molecule has 0 amide bonds. The van der Waals surface area contributed by atoms with Crippen LogP contribution in [-0.4, -0.2) is 34.6 Å². The first-order chi connectivity index (χ1) is 13.2. The number of nitrogens with zero attached hydrogens (tertiary/aromatic N) is 3. The first-order valence-electron chi connectivity index (χ1n) is 8.06. The first-order valence-corrected chi connectivity index (χ1v) is 8.44. The Morgan fingerprint density at radius 1 is 1.04 bits per heavy atom. The van der Waals surface area contributed by atoms with E-state index in [9.17, 15) is 0 Å². The highest BCUT2D eigenvalue weighted by atomic mass is 35.5. The van der Waals surface area contributed by atoms with Gasteiger partial charge in [0.25, 0.3) is 5.89 Å². The second-order valence-electron chi connectivity index (χ2n) is 5.64. The number of aromatic nitrogens is 4. The van der Waals surface area contributed by atoms with Crippen LogP contribution in [0.1, 0.15) is 0 Å². The number of ether oxygens (including phenoxy) is 2. The van der Waals surface area contributed by atoms with E-state index >= 15 is 0 Å². The lowest BCUT2D eigenvalue weighted by Crippen LogP contribution is -1.94. The maximum absolute atomic E-state index is 5.93. The number of nitrogens with one attached hydrogen (secondary N) is 1. The van der Waals surface area contributed by atoms with Crippen molar-refractivity contribution < 1.29 is 14.0 Å². The lowest BCUT2D eigenvalue weighted by molar-refractivity contribution is 0.355. The second-order valence-corrected chi connectivity index (χ2v) is 6.07. The summed E-state index contributed by atoms with van der Waals surface area (Å²) in [6, 6.07) is 14.7. The van der Waals surface area contributed by atoms with Crippen molar-refractivity contribution in [2.75, 3.05) is 14.2 Å². The number of aromatic amines is 1. The molecule has 0 radical (unpaired) electrons. The highest BCUT2D eigenvalue weighted by molar-refractivity contribution is 6.30. The molecule has 0 fully saturated rings. The predicted molar refractivity (Wildman–Crippen MR) is 101 cm³/mol. The molecule has 4 aromatic rings. The Hall–Kier alpha value is -3.32. The Kier molecular flexibility index (Phi) is 4.52. The normalized spacial score (nSPS) is 10.8. The monoisotopic (exact) mass is 382 g/mol. The smallest absolute Gasteiger partial charge is 0.276 e. The standard InChI is InChI=1S/C19H15ClN4O3/c1-25-16-5-3-4-13(17(16)26-2)18-21-19(27-24-18)15-10-14(22-23-15)11-6-8-12(20)9-7-11/h3-10H,1-2H3,(H,22,23). The van der Waals surface area contributed by atoms with Gasteiger partial charge in [-0.1, -0.05) is 35.0 Å². The summed E-state index contributed by atoms with van der Waals surface area (Å²) in [5, 5.41) is 11.9. The van der Waals surface area contributed by atoms with E-state index in [4.69, 9.17) is 25.6 Å².